The third-order valence-electron chi connectivity index (χ3n) is 4.53. The molecule has 0 N–H and O–H groups in total. The maximum atomic E-state index is 4.92. The van der Waals surface area contributed by atoms with Crippen LogP contribution in [0.5, 0.6) is 0 Å². The van der Waals surface area contributed by atoms with Gasteiger partial charge in [0.15, 0.2) is 5.82 Å². The van der Waals surface area contributed by atoms with E-state index in [1.165, 1.54) is 10.3 Å². The molecule has 1 aliphatic rings. The largest absolute Gasteiger partial charge is 0.353 e. The Kier molecular flexibility index (Phi) is 4.16. The molecule has 4 heterocycles. The molecule has 0 aromatic carbocycles. The number of thiophene rings is 1. The highest BCUT2D eigenvalue weighted by Gasteiger charge is 2.21. The van der Waals surface area contributed by atoms with Gasteiger partial charge >= 0.3 is 0 Å². The van der Waals surface area contributed by atoms with E-state index in [1.54, 1.807) is 17.5 Å². The number of aryl methyl sites for hydroxylation is 1. The van der Waals surface area contributed by atoms with Crippen LogP contribution in [0.15, 0.2) is 30.6 Å². The predicted molar refractivity (Wildman–Crippen MR) is 99.7 cm³/mol. The second-order valence-corrected chi connectivity index (χ2v) is 7.34. The van der Waals surface area contributed by atoms with Crippen LogP contribution in [0.25, 0.3) is 21.6 Å². The molecule has 0 bridgehead atoms. The van der Waals surface area contributed by atoms with E-state index < -0.39 is 0 Å². The Morgan fingerprint density at radius 1 is 1.17 bits per heavy atom. The molecular formula is C18H21N5S. The summed E-state index contributed by atoms with van der Waals surface area (Å²) in [5, 5.41) is 1.18. The topological polar surface area (TPSA) is 45.2 Å². The lowest BCUT2D eigenvalue weighted by molar-refractivity contribution is 0.271. The molecule has 1 fully saturated rings. The number of hydrogen-bond donors (Lipinski definition) is 0. The van der Waals surface area contributed by atoms with Crippen molar-refractivity contribution in [1.29, 1.82) is 0 Å². The fourth-order valence-electron chi connectivity index (χ4n) is 3.17. The minimum atomic E-state index is 0.769. The van der Waals surface area contributed by atoms with Gasteiger partial charge in [0, 0.05) is 49.0 Å². The minimum Gasteiger partial charge on any atom is -0.353 e. The Morgan fingerprint density at radius 3 is 2.71 bits per heavy atom. The van der Waals surface area contributed by atoms with Gasteiger partial charge in [-0.05, 0) is 31.7 Å². The fourth-order valence-corrected chi connectivity index (χ4v) is 4.04. The maximum absolute atomic E-state index is 4.92. The van der Waals surface area contributed by atoms with E-state index in [0.717, 1.165) is 54.8 Å². The van der Waals surface area contributed by atoms with Crippen molar-refractivity contribution in [2.24, 2.45) is 0 Å². The number of likely N-dealkylation sites (N-methyl/N-ethyl adjacent to an activating group) is 1. The zero-order valence-electron chi connectivity index (χ0n) is 14.1. The second kappa shape index (κ2) is 6.45. The van der Waals surface area contributed by atoms with Crippen LogP contribution < -0.4 is 4.90 Å². The van der Waals surface area contributed by atoms with Crippen molar-refractivity contribution in [2.75, 3.05) is 37.6 Å². The van der Waals surface area contributed by atoms with Crippen molar-refractivity contribution in [3.05, 3.63) is 35.5 Å². The van der Waals surface area contributed by atoms with Gasteiger partial charge in [-0.25, -0.2) is 9.97 Å². The Hall–Kier alpha value is -2.05. The zero-order chi connectivity index (χ0) is 16.5. The van der Waals surface area contributed by atoms with Gasteiger partial charge in [-0.1, -0.05) is 6.92 Å². The molecule has 3 aromatic rings. The van der Waals surface area contributed by atoms with E-state index in [0.29, 0.717) is 0 Å². The molecule has 5 nitrogen and oxygen atoms in total. The summed E-state index contributed by atoms with van der Waals surface area (Å²) < 4.78 is 0. The normalized spacial score (nSPS) is 16.0. The van der Waals surface area contributed by atoms with Crippen molar-refractivity contribution in [1.82, 2.24) is 19.9 Å². The van der Waals surface area contributed by atoms with E-state index >= 15 is 0 Å². The summed E-state index contributed by atoms with van der Waals surface area (Å²) in [6, 6.07) is 6.17. The van der Waals surface area contributed by atoms with E-state index in [9.17, 15) is 0 Å². The minimum absolute atomic E-state index is 0.769. The molecule has 1 saturated heterocycles. The SMILES string of the molecule is CCN1CCN(c2nc(-c3cccnc3)nc3sc(C)cc23)CC1. The molecular weight excluding hydrogens is 318 g/mol. The smallest absolute Gasteiger partial charge is 0.164 e. The van der Waals surface area contributed by atoms with Crippen LogP contribution in [0.1, 0.15) is 11.8 Å². The van der Waals surface area contributed by atoms with Crippen LogP contribution in [0.2, 0.25) is 0 Å². The van der Waals surface area contributed by atoms with Crippen molar-refractivity contribution in [3.63, 3.8) is 0 Å². The summed E-state index contributed by atoms with van der Waals surface area (Å²) in [5.41, 5.74) is 0.971. The summed E-state index contributed by atoms with van der Waals surface area (Å²) in [7, 11) is 0. The van der Waals surface area contributed by atoms with Crippen LogP contribution in [0.3, 0.4) is 0 Å². The first kappa shape index (κ1) is 15.5. The lowest BCUT2D eigenvalue weighted by Crippen LogP contribution is -2.46. The van der Waals surface area contributed by atoms with Crippen LogP contribution in [-0.2, 0) is 0 Å². The quantitative estimate of drug-likeness (QED) is 0.733. The number of aromatic nitrogens is 3. The predicted octanol–water partition coefficient (Wildman–Crippen LogP) is 3.20. The highest BCUT2D eigenvalue weighted by atomic mass is 32.1. The second-order valence-electron chi connectivity index (χ2n) is 6.11. The van der Waals surface area contributed by atoms with Gasteiger partial charge in [-0.2, -0.15) is 0 Å². The fraction of sp³-hybridized carbons (Fsp3) is 0.389. The van der Waals surface area contributed by atoms with Crippen LogP contribution in [-0.4, -0.2) is 52.6 Å². The maximum Gasteiger partial charge on any atom is 0.164 e. The zero-order valence-corrected chi connectivity index (χ0v) is 14.9. The van der Waals surface area contributed by atoms with E-state index in [2.05, 4.69) is 34.7 Å². The summed E-state index contributed by atoms with van der Waals surface area (Å²) in [6.07, 6.45) is 3.61. The molecule has 0 spiro atoms. The first-order chi connectivity index (χ1) is 11.7. The molecule has 0 aliphatic carbocycles. The lowest BCUT2D eigenvalue weighted by atomic mass is 10.2. The van der Waals surface area contributed by atoms with Gasteiger partial charge in [0.2, 0.25) is 0 Å². The van der Waals surface area contributed by atoms with Crippen molar-refractivity contribution < 1.29 is 0 Å². The molecule has 6 heteroatoms. The monoisotopic (exact) mass is 339 g/mol. The van der Waals surface area contributed by atoms with Crippen LogP contribution >= 0.6 is 11.3 Å². The molecule has 124 valence electrons. The molecule has 0 atom stereocenters. The summed E-state index contributed by atoms with van der Waals surface area (Å²) in [4.78, 5) is 21.1. The Balaban J connectivity index is 1.78. The number of pyridine rings is 1. The van der Waals surface area contributed by atoms with Gasteiger partial charge in [0.25, 0.3) is 0 Å². The lowest BCUT2D eigenvalue weighted by Gasteiger charge is -2.35. The molecule has 4 rings (SSSR count). The number of rotatable bonds is 3. The third-order valence-corrected chi connectivity index (χ3v) is 5.48. The summed E-state index contributed by atoms with van der Waals surface area (Å²) in [5.74, 6) is 1.84. The Labute approximate surface area is 146 Å². The molecule has 24 heavy (non-hydrogen) atoms. The highest BCUT2D eigenvalue weighted by Crippen LogP contribution is 2.33. The Morgan fingerprint density at radius 2 is 2.00 bits per heavy atom. The molecule has 0 radical (unpaired) electrons. The van der Waals surface area contributed by atoms with E-state index in [-0.39, 0.29) is 0 Å². The number of fused-ring (bicyclic) bond motifs is 1. The number of piperazine rings is 1. The van der Waals surface area contributed by atoms with Gasteiger partial charge < -0.3 is 9.80 Å². The number of anilines is 1. The van der Waals surface area contributed by atoms with Crippen molar-refractivity contribution in [2.45, 2.75) is 13.8 Å². The van der Waals surface area contributed by atoms with E-state index in [1.807, 2.05) is 18.3 Å². The average Bonchev–Trinajstić information content (AvgIpc) is 3.02. The highest BCUT2D eigenvalue weighted by molar-refractivity contribution is 7.18. The molecule has 1 aliphatic heterocycles. The molecule has 0 unspecified atom stereocenters. The first-order valence-electron chi connectivity index (χ1n) is 8.40. The van der Waals surface area contributed by atoms with E-state index in [4.69, 9.17) is 9.97 Å². The first-order valence-corrected chi connectivity index (χ1v) is 9.22. The van der Waals surface area contributed by atoms with Crippen molar-refractivity contribution >= 4 is 27.4 Å². The standard InChI is InChI=1S/C18H21N5S/c1-3-22-7-9-23(10-8-22)17-15-11-13(2)24-18(15)21-16(20-17)14-5-4-6-19-12-14/h4-6,11-12H,3,7-10H2,1-2H3. The number of hydrogen-bond acceptors (Lipinski definition) is 6. The summed E-state index contributed by atoms with van der Waals surface area (Å²) >= 11 is 1.74. The third kappa shape index (κ3) is 2.87. The molecule has 3 aromatic heterocycles. The van der Waals surface area contributed by atoms with Crippen LogP contribution in [0, 0.1) is 6.92 Å². The summed E-state index contributed by atoms with van der Waals surface area (Å²) in [6.45, 7) is 9.69. The molecule has 0 saturated carbocycles. The van der Waals surface area contributed by atoms with Crippen molar-refractivity contribution in [3.8, 4) is 11.4 Å². The average molecular weight is 339 g/mol. The van der Waals surface area contributed by atoms with Gasteiger partial charge in [-0.3, -0.25) is 4.98 Å². The Bertz CT molecular complexity index is 837. The van der Waals surface area contributed by atoms with Gasteiger partial charge in [-0.15, -0.1) is 11.3 Å². The van der Waals surface area contributed by atoms with Gasteiger partial charge in [0.05, 0.1) is 5.39 Å². The van der Waals surface area contributed by atoms with Crippen LogP contribution in [0.4, 0.5) is 5.82 Å². The molecule has 0 amide bonds. The van der Waals surface area contributed by atoms with Gasteiger partial charge in [0.1, 0.15) is 10.6 Å². The number of nitrogens with zero attached hydrogens (tertiary/aromatic N) is 5.